The van der Waals surface area contributed by atoms with Gasteiger partial charge in [-0.05, 0) is 50.2 Å². The Labute approximate surface area is 156 Å². The molecule has 0 bridgehead atoms. The van der Waals surface area contributed by atoms with Crippen molar-refractivity contribution in [3.05, 3.63) is 35.4 Å². The number of carboxylic acids is 1. The van der Waals surface area contributed by atoms with E-state index in [0.717, 1.165) is 25.0 Å². The molecule has 3 rings (SSSR count). The molecular formula is C20H24F3NO3. The van der Waals surface area contributed by atoms with Crippen LogP contribution in [0.5, 0.6) is 0 Å². The molecular weight excluding hydrogens is 359 g/mol. The van der Waals surface area contributed by atoms with Crippen LogP contribution in [0.2, 0.25) is 0 Å². The number of aliphatic carboxylic acids is 1. The van der Waals surface area contributed by atoms with E-state index in [2.05, 4.69) is 5.32 Å². The van der Waals surface area contributed by atoms with Gasteiger partial charge in [-0.1, -0.05) is 31.0 Å². The first-order valence-corrected chi connectivity index (χ1v) is 9.44. The Bertz CT molecular complexity index is 703. The smallest absolute Gasteiger partial charge is 0.416 e. The number of hydrogen-bond donors (Lipinski definition) is 2. The van der Waals surface area contributed by atoms with Crippen LogP contribution in [0.4, 0.5) is 13.2 Å². The van der Waals surface area contributed by atoms with Crippen LogP contribution in [0.3, 0.4) is 0 Å². The van der Waals surface area contributed by atoms with E-state index in [1.165, 1.54) is 6.07 Å². The van der Waals surface area contributed by atoms with Crippen molar-refractivity contribution in [1.29, 1.82) is 0 Å². The number of carbonyl (C=O) groups excluding carboxylic acids is 1. The van der Waals surface area contributed by atoms with Crippen LogP contribution in [0, 0.1) is 5.92 Å². The number of nitrogens with one attached hydrogen (secondary N) is 1. The molecule has 1 aromatic carbocycles. The standard InChI is InChI=1S/C20H24F3NO3/c21-20(22,23)15-5-3-4-14(12-15)19(10-1-2-11-19)18(27)24-16-8-6-13(7-9-16)17(25)26/h3-5,12-13,16H,1-2,6-11H2,(H,24,27)(H,25,26). The summed E-state index contributed by atoms with van der Waals surface area (Å²) in [7, 11) is 0. The van der Waals surface area contributed by atoms with Crippen LogP contribution >= 0.6 is 0 Å². The van der Waals surface area contributed by atoms with Crippen molar-refractivity contribution >= 4 is 11.9 Å². The Kier molecular flexibility index (Phi) is 5.49. The zero-order chi connectivity index (χ0) is 19.7. The third-order valence-corrected chi connectivity index (χ3v) is 6.05. The lowest BCUT2D eigenvalue weighted by molar-refractivity contribution is -0.143. The van der Waals surface area contributed by atoms with E-state index < -0.39 is 23.1 Å². The van der Waals surface area contributed by atoms with Gasteiger partial charge in [-0.2, -0.15) is 13.2 Å². The van der Waals surface area contributed by atoms with Crippen molar-refractivity contribution in [2.24, 2.45) is 5.92 Å². The predicted molar refractivity (Wildman–Crippen MR) is 93.1 cm³/mol. The Morgan fingerprint density at radius 3 is 2.26 bits per heavy atom. The lowest BCUT2D eigenvalue weighted by atomic mass is 9.76. The molecule has 2 saturated carbocycles. The quantitative estimate of drug-likeness (QED) is 0.816. The van der Waals surface area contributed by atoms with Crippen molar-refractivity contribution < 1.29 is 27.9 Å². The molecule has 0 spiro atoms. The van der Waals surface area contributed by atoms with Crippen molar-refractivity contribution in [2.45, 2.75) is 69.0 Å². The lowest BCUT2D eigenvalue weighted by Crippen LogP contribution is -2.48. The highest BCUT2D eigenvalue weighted by molar-refractivity contribution is 5.89. The molecule has 0 aromatic heterocycles. The molecule has 2 aliphatic rings. The summed E-state index contributed by atoms with van der Waals surface area (Å²) < 4.78 is 39.3. The summed E-state index contributed by atoms with van der Waals surface area (Å²) in [6.07, 6.45) is 0.415. The minimum absolute atomic E-state index is 0.114. The Balaban J connectivity index is 1.77. The van der Waals surface area contributed by atoms with Gasteiger partial charge in [0.2, 0.25) is 5.91 Å². The summed E-state index contributed by atoms with van der Waals surface area (Å²) in [6.45, 7) is 0. The van der Waals surface area contributed by atoms with Crippen molar-refractivity contribution in [3.63, 3.8) is 0 Å². The molecule has 0 heterocycles. The van der Waals surface area contributed by atoms with Crippen LogP contribution in [-0.4, -0.2) is 23.0 Å². The summed E-state index contributed by atoms with van der Waals surface area (Å²) in [5.74, 6) is -1.41. The van der Waals surface area contributed by atoms with E-state index in [9.17, 15) is 22.8 Å². The molecule has 2 fully saturated rings. The molecule has 148 valence electrons. The number of amides is 1. The molecule has 0 radical (unpaired) electrons. The van der Waals surface area contributed by atoms with E-state index in [0.29, 0.717) is 44.1 Å². The lowest BCUT2D eigenvalue weighted by Gasteiger charge is -2.33. The molecule has 2 aliphatic carbocycles. The minimum Gasteiger partial charge on any atom is -0.481 e. The van der Waals surface area contributed by atoms with Crippen LogP contribution in [0.25, 0.3) is 0 Å². The van der Waals surface area contributed by atoms with Gasteiger partial charge in [-0.15, -0.1) is 0 Å². The maximum Gasteiger partial charge on any atom is 0.416 e. The molecule has 4 nitrogen and oxygen atoms in total. The highest BCUT2D eigenvalue weighted by Gasteiger charge is 2.44. The first-order chi connectivity index (χ1) is 12.7. The van der Waals surface area contributed by atoms with Gasteiger partial charge >= 0.3 is 12.1 Å². The van der Waals surface area contributed by atoms with E-state index in [-0.39, 0.29) is 17.9 Å². The van der Waals surface area contributed by atoms with E-state index in [1.54, 1.807) is 6.07 Å². The average Bonchev–Trinajstić information content (AvgIpc) is 3.13. The molecule has 0 atom stereocenters. The summed E-state index contributed by atoms with van der Waals surface area (Å²) in [4.78, 5) is 24.2. The fourth-order valence-electron chi connectivity index (χ4n) is 4.43. The first-order valence-electron chi connectivity index (χ1n) is 9.44. The fraction of sp³-hybridized carbons (Fsp3) is 0.600. The normalized spacial score (nSPS) is 25.1. The molecule has 27 heavy (non-hydrogen) atoms. The van der Waals surface area contributed by atoms with Crippen molar-refractivity contribution in [2.75, 3.05) is 0 Å². The zero-order valence-electron chi connectivity index (χ0n) is 15.0. The number of benzene rings is 1. The number of rotatable bonds is 4. The SMILES string of the molecule is O=C(O)C1CCC(NC(=O)C2(c3cccc(C(F)(F)F)c3)CCCC2)CC1. The third-order valence-electron chi connectivity index (χ3n) is 6.05. The number of hydrogen-bond acceptors (Lipinski definition) is 2. The molecule has 0 saturated heterocycles. The minimum atomic E-state index is -4.44. The molecule has 1 amide bonds. The van der Waals surface area contributed by atoms with Gasteiger partial charge in [0.15, 0.2) is 0 Å². The van der Waals surface area contributed by atoms with Gasteiger partial charge < -0.3 is 10.4 Å². The Morgan fingerprint density at radius 2 is 1.70 bits per heavy atom. The predicted octanol–water partition coefficient (Wildman–Crippen LogP) is 4.28. The van der Waals surface area contributed by atoms with Crippen LogP contribution in [0.1, 0.15) is 62.5 Å². The van der Waals surface area contributed by atoms with Gasteiger partial charge in [0, 0.05) is 6.04 Å². The Hall–Kier alpha value is -2.05. The average molecular weight is 383 g/mol. The zero-order valence-corrected chi connectivity index (χ0v) is 15.0. The molecule has 7 heteroatoms. The van der Waals surface area contributed by atoms with Gasteiger partial charge in [-0.3, -0.25) is 9.59 Å². The highest BCUT2D eigenvalue weighted by Crippen LogP contribution is 2.43. The second kappa shape index (κ2) is 7.52. The van der Waals surface area contributed by atoms with Crippen LogP contribution in [0.15, 0.2) is 24.3 Å². The Morgan fingerprint density at radius 1 is 1.07 bits per heavy atom. The molecule has 1 aromatic rings. The summed E-state index contributed by atoms with van der Waals surface area (Å²) >= 11 is 0. The second-order valence-electron chi connectivity index (χ2n) is 7.73. The van der Waals surface area contributed by atoms with Gasteiger partial charge in [-0.25, -0.2) is 0 Å². The van der Waals surface area contributed by atoms with E-state index >= 15 is 0 Å². The van der Waals surface area contributed by atoms with E-state index in [4.69, 9.17) is 5.11 Å². The molecule has 2 N–H and O–H groups in total. The fourth-order valence-corrected chi connectivity index (χ4v) is 4.43. The largest absolute Gasteiger partial charge is 0.481 e. The van der Waals surface area contributed by atoms with Crippen LogP contribution in [-0.2, 0) is 21.2 Å². The van der Waals surface area contributed by atoms with Gasteiger partial charge in [0.05, 0.1) is 16.9 Å². The number of halogens is 3. The first kappa shape index (κ1) is 19.7. The highest BCUT2D eigenvalue weighted by atomic mass is 19.4. The maximum absolute atomic E-state index is 13.1. The van der Waals surface area contributed by atoms with Crippen LogP contribution < -0.4 is 5.32 Å². The van der Waals surface area contributed by atoms with Crippen molar-refractivity contribution in [1.82, 2.24) is 5.32 Å². The summed E-state index contributed by atoms with van der Waals surface area (Å²) in [6, 6.07) is 4.99. The monoisotopic (exact) mass is 383 g/mol. The van der Waals surface area contributed by atoms with E-state index in [1.807, 2.05) is 0 Å². The number of alkyl halides is 3. The number of carboxylic acid groups (broad SMARTS) is 1. The van der Waals surface area contributed by atoms with Gasteiger partial charge in [0.1, 0.15) is 0 Å². The summed E-state index contributed by atoms with van der Waals surface area (Å²) in [5, 5.41) is 12.1. The topological polar surface area (TPSA) is 66.4 Å². The third kappa shape index (κ3) is 4.12. The second-order valence-corrected chi connectivity index (χ2v) is 7.73. The van der Waals surface area contributed by atoms with Crippen molar-refractivity contribution in [3.8, 4) is 0 Å². The number of carbonyl (C=O) groups is 2. The summed E-state index contributed by atoms with van der Waals surface area (Å²) in [5.41, 5.74) is -1.24. The molecule has 0 aliphatic heterocycles. The van der Waals surface area contributed by atoms with Gasteiger partial charge in [0.25, 0.3) is 0 Å². The molecule has 0 unspecified atom stereocenters. The maximum atomic E-state index is 13.1.